The first-order chi connectivity index (χ1) is 17.7. The number of amides is 5. The largest absolute Gasteiger partial charge is 0.416 e. The topological polar surface area (TPSA) is 73.0 Å². The highest BCUT2D eigenvalue weighted by Crippen LogP contribution is 2.43. The van der Waals surface area contributed by atoms with Gasteiger partial charge in [0.25, 0.3) is 5.91 Å². The van der Waals surface area contributed by atoms with Crippen LogP contribution in [0.25, 0.3) is 11.1 Å². The number of hydrogen-bond acceptors (Lipinski definition) is 3. The predicted octanol–water partition coefficient (Wildman–Crippen LogP) is 5.20. The van der Waals surface area contributed by atoms with Gasteiger partial charge in [-0.1, -0.05) is 54.6 Å². The van der Waals surface area contributed by atoms with E-state index in [1.165, 1.54) is 17.0 Å². The minimum absolute atomic E-state index is 0.133. The van der Waals surface area contributed by atoms with Crippen molar-refractivity contribution in [3.63, 3.8) is 0 Å². The van der Waals surface area contributed by atoms with Crippen LogP contribution in [0, 0.1) is 0 Å². The van der Waals surface area contributed by atoms with Crippen LogP contribution in [0.3, 0.4) is 0 Å². The standard InChI is InChI=1S/C27H21F3N4O3/c28-27(29,30)17-9-6-10-18(13-17)34-24(35)23-22-14-19(33(23)26(34)37)15-32(22)25(36)31-21-12-5-4-11-20(21)16-7-2-1-3-8-16/h1-13,19,22-23H,14-15H2,(H,31,36)/t19?,22-,23-/m1/s1. The third kappa shape index (κ3) is 3.71. The van der Waals surface area contributed by atoms with E-state index >= 15 is 0 Å². The van der Waals surface area contributed by atoms with Crippen LogP contribution >= 0.6 is 0 Å². The molecule has 0 spiro atoms. The van der Waals surface area contributed by atoms with Gasteiger partial charge in [-0.15, -0.1) is 0 Å². The number of fused-ring (bicyclic) bond motifs is 5. The molecule has 1 N–H and O–H groups in total. The Morgan fingerprint density at radius 3 is 2.41 bits per heavy atom. The van der Waals surface area contributed by atoms with Gasteiger partial charge in [-0.2, -0.15) is 13.2 Å². The lowest BCUT2D eigenvalue weighted by molar-refractivity contribution is -0.137. The average Bonchev–Trinajstić information content (AvgIpc) is 3.56. The highest BCUT2D eigenvalue weighted by atomic mass is 19.4. The summed E-state index contributed by atoms with van der Waals surface area (Å²) in [6.07, 6.45) is -4.17. The van der Waals surface area contributed by atoms with E-state index in [1.807, 2.05) is 48.5 Å². The summed E-state index contributed by atoms with van der Waals surface area (Å²) in [5.41, 5.74) is 1.30. The van der Waals surface area contributed by atoms with Gasteiger partial charge in [0.2, 0.25) is 0 Å². The molecule has 0 radical (unpaired) electrons. The first kappa shape index (κ1) is 23.1. The van der Waals surface area contributed by atoms with Crippen LogP contribution in [0.1, 0.15) is 12.0 Å². The number of piperazine rings is 1. The number of nitrogens with one attached hydrogen (secondary N) is 1. The van der Waals surface area contributed by atoms with Crippen LogP contribution in [-0.2, 0) is 11.0 Å². The average molecular weight is 506 g/mol. The van der Waals surface area contributed by atoms with E-state index in [2.05, 4.69) is 5.32 Å². The third-order valence-electron chi connectivity index (χ3n) is 7.21. The highest BCUT2D eigenvalue weighted by Gasteiger charge is 2.63. The van der Waals surface area contributed by atoms with Crippen molar-refractivity contribution in [3.8, 4) is 11.1 Å². The summed E-state index contributed by atoms with van der Waals surface area (Å²) < 4.78 is 39.7. The lowest BCUT2D eigenvalue weighted by atomic mass is 10.0. The van der Waals surface area contributed by atoms with Gasteiger partial charge in [-0.05, 0) is 36.2 Å². The molecule has 2 bridgehead atoms. The number of anilines is 2. The summed E-state index contributed by atoms with van der Waals surface area (Å²) in [7, 11) is 0. The van der Waals surface area contributed by atoms with Gasteiger partial charge < -0.3 is 15.1 Å². The summed E-state index contributed by atoms with van der Waals surface area (Å²) >= 11 is 0. The third-order valence-corrected chi connectivity index (χ3v) is 7.21. The number of urea groups is 2. The molecule has 3 heterocycles. The Hall–Kier alpha value is -4.34. The number of rotatable bonds is 3. The Labute approximate surface area is 210 Å². The summed E-state index contributed by atoms with van der Waals surface area (Å²) in [6.45, 7) is 0.232. The second-order valence-corrected chi connectivity index (χ2v) is 9.31. The molecule has 37 heavy (non-hydrogen) atoms. The van der Waals surface area contributed by atoms with E-state index in [-0.39, 0.29) is 12.2 Å². The number of para-hydroxylation sites is 1. The maximum Gasteiger partial charge on any atom is 0.416 e. The SMILES string of the molecule is O=C1[C@H]2[C@H]3CC(CN3C(=O)Nc3ccccc3-c3ccccc3)N2C(=O)N1c1cccc(C(F)(F)F)c1. The maximum absolute atomic E-state index is 13.3. The van der Waals surface area contributed by atoms with Crippen LogP contribution in [0.5, 0.6) is 0 Å². The number of nitrogens with zero attached hydrogens (tertiary/aromatic N) is 3. The molecule has 6 rings (SSSR count). The van der Waals surface area contributed by atoms with Gasteiger partial charge in [0.15, 0.2) is 0 Å². The van der Waals surface area contributed by atoms with Crippen LogP contribution in [0.4, 0.5) is 34.1 Å². The summed E-state index contributed by atoms with van der Waals surface area (Å²) in [5.74, 6) is -0.626. The Kier molecular flexibility index (Phi) is 5.22. The smallest absolute Gasteiger partial charge is 0.317 e. The lowest BCUT2D eigenvalue weighted by Gasteiger charge is -2.35. The number of halogens is 3. The number of likely N-dealkylation sites (tertiary alicyclic amines) is 1. The van der Waals surface area contributed by atoms with Crippen molar-refractivity contribution in [1.29, 1.82) is 0 Å². The van der Waals surface area contributed by atoms with Crippen molar-refractivity contribution in [2.45, 2.75) is 30.7 Å². The molecule has 0 aliphatic carbocycles. The van der Waals surface area contributed by atoms with E-state index < -0.39 is 47.8 Å². The van der Waals surface area contributed by atoms with Crippen LogP contribution in [-0.4, -0.2) is 52.4 Å². The molecule has 5 amide bonds. The zero-order chi connectivity index (χ0) is 25.9. The molecule has 7 nitrogen and oxygen atoms in total. The summed E-state index contributed by atoms with van der Waals surface area (Å²) in [6, 6.07) is 18.2. The summed E-state index contributed by atoms with van der Waals surface area (Å²) in [5, 5.41) is 2.94. The molecule has 3 aromatic carbocycles. The Balaban J connectivity index is 1.24. The fourth-order valence-electron chi connectivity index (χ4n) is 5.60. The van der Waals surface area contributed by atoms with Crippen LogP contribution in [0.15, 0.2) is 78.9 Å². The molecule has 10 heteroatoms. The van der Waals surface area contributed by atoms with Gasteiger partial charge >= 0.3 is 18.2 Å². The second-order valence-electron chi connectivity index (χ2n) is 9.31. The normalized spacial score (nSPS) is 22.6. The van der Waals surface area contributed by atoms with E-state index in [0.717, 1.165) is 28.2 Å². The predicted molar refractivity (Wildman–Crippen MR) is 130 cm³/mol. The Bertz CT molecular complexity index is 1410. The molecule has 188 valence electrons. The fraction of sp³-hybridized carbons (Fsp3) is 0.222. The molecule has 0 saturated carbocycles. The van der Waals surface area contributed by atoms with Crippen molar-refractivity contribution >= 4 is 29.3 Å². The number of carbonyl (C=O) groups is 3. The molecule has 3 atom stereocenters. The molecule has 3 aromatic rings. The van der Waals surface area contributed by atoms with Crippen molar-refractivity contribution in [2.24, 2.45) is 0 Å². The minimum Gasteiger partial charge on any atom is -0.317 e. The zero-order valence-electron chi connectivity index (χ0n) is 19.4. The molecule has 0 aromatic heterocycles. The molecule has 3 aliphatic rings. The van der Waals surface area contributed by atoms with Crippen LogP contribution in [0.2, 0.25) is 0 Å². The van der Waals surface area contributed by atoms with Crippen molar-refractivity contribution in [2.75, 3.05) is 16.8 Å². The number of hydrogen-bond donors (Lipinski definition) is 1. The van der Waals surface area contributed by atoms with Gasteiger partial charge in [-0.25, -0.2) is 14.5 Å². The quantitative estimate of drug-likeness (QED) is 0.497. The van der Waals surface area contributed by atoms with Crippen molar-refractivity contribution in [1.82, 2.24) is 9.80 Å². The fourth-order valence-corrected chi connectivity index (χ4v) is 5.60. The van der Waals surface area contributed by atoms with Crippen LogP contribution < -0.4 is 10.2 Å². The zero-order valence-corrected chi connectivity index (χ0v) is 19.4. The molecule has 3 saturated heterocycles. The first-order valence-electron chi connectivity index (χ1n) is 11.8. The second kappa shape index (κ2) is 8.36. The summed E-state index contributed by atoms with van der Waals surface area (Å²) in [4.78, 5) is 43.6. The van der Waals surface area contributed by atoms with Crippen molar-refractivity contribution < 1.29 is 27.6 Å². The lowest BCUT2D eigenvalue weighted by Crippen LogP contribution is -2.55. The minimum atomic E-state index is -4.61. The Morgan fingerprint density at radius 2 is 1.65 bits per heavy atom. The maximum atomic E-state index is 13.3. The molecular formula is C27H21F3N4O3. The van der Waals surface area contributed by atoms with Gasteiger partial charge in [0.1, 0.15) is 6.04 Å². The number of carbonyl (C=O) groups excluding carboxylic acids is 3. The number of imide groups is 1. The van der Waals surface area contributed by atoms with E-state index in [4.69, 9.17) is 0 Å². The van der Waals surface area contributed by atoms with Gasteiger partial charge in [0, 0.05) is 12.1 Å². The van der Waals surface area contributed by atoms with E-state index in [0.29, 0.717) is 12.1 Å². The van der Waals surface area contributed by atoms with E-state index in [9.17, 15) is 27.6 Å². The first-order valence-corrected chi connectivity index (χ1v) is 11.8. The number of alkyl halides is 3. The number of benzene rings is 3. The van der Waals surface area contributed by atoms with Gasteiger partial charge in [0.05, 0.1) is 29.0 Å². The Morgan fingerprint density at radius 1 is 0.919 bits per heavy atom. The molecule has 1 unspecified atom stereocenters. The highest BCUT2D eigenvalue weighted by molar-refractivity contribution is 6.22. The van der Waals surface area contributed by atoms with Gasteiger partial charge in [-0.3, -0.25) is 4.79 Å². The monoisotopic (exact) mass is 506 g/mol. The van der Waals surface area contributed by atoms with E-state index in [1.54, 1.807) is 11.0 Å². The molecular weight excluding hydrogens is 485 g/mol. The molecule has 3 fully saturated rings. The van der Waals surface area contributed by atoms with Crippen molar-refractivity contribution in [3.05, 3.63) is 84.4 Å². The molecule has 3 aliphatic heterocycles.